The number of thiazole rings is 1. The van der Waals surface area contributed by atoms with Gasteiger partial charge < -0.3 is 14.6 Å². The molecule has 182 valence electrons. The molecule has 0 unspecified atom stereocenters. The van der Waals surface area contributed by atoms with Crippen LogP contribution >= 0.6 is 11.3 Å². The summed E-state index contributed by atoms with van der Waals surface area (Å²) in [5.41, 5.74) is 1.86. The van der Waals surface area contributed by atoms with Crippen LogP contribution in [-0.2, 0) is 9.53 Å². The molecular formula is C28H24N2O5S. The molecule has 3 aromatic carbocycles. The lowest BCUT2D eigenvalue weighted by atomic mass is 9.90. The van der Waals surface area contributed by atoms with Gasteiger partial charge in [0.25, 0.3) is 5.56 Å². The van der Waals surface area contributed by atoms with E-state index in [4.69, 9.17) is 9.47 Å². The Hall–Kier alpha value is -4.17. The van der Waals surface area contributed by atoms with Gasteiger partial charge in [-0.2, -0.15) is 0 Å². The Balaban J connectivity index is 1.86. The van der Waals surface area contributed by atoms with E-state index in [1.165, 1.54) is 11.3 Å². The van der Waals surface area contributed by atoms with E-state index in [1.807, 2.05) is 36.4 Å². The highest BCUT2D eigenvalue weighted by molar-refractivity contribution is 7.07. The number of rotatable bonds is 5. The summed E-state index contributed by atoms with van der Waals surface area (Å²) in [5.74, 6) is 0.133. The molecule has 0 saturated carbocycles. The van der Waals surface area contributed by atoms with Gasteiger partial charge in [0.1, 0.15) is 17.5 Å². The number of nitrogens with zero attached hydrogens (tertiary/aromatic N) is 2. The zero-order chi connectivity index (χ0) is 25.4. The summed E-state index contributed by atoms with van der Waals surface area (Å²) in [5, 5.41) is 11.7. The first kappa shape index (κ1) is 23.6. The van der Waals surface area contributed by atoms with Crippen molar-refractivity contribution in [1.82, 2.24) is 4.57 Å². The number of phenols is 1. The first-order chi connectivity index (χ1) is 17.4. The van der Waals surface area contributed by atoms with Gasteiger partial charge >= 0.3 is 5.97 Å². The third-order valence-electron chi connectivity index (χ3n) is 6.11. The monoisotopic (exact) mass is 500 g/mol. The summed E-state index contributed by atoms with van der Waals surface area (Å²) >= 11 is 1.23. The van der Waals surface area contributed by atoms with Gasteiger partial charge in [0.15, 0.2) is 4.80 Å². The molecule has 0 fully saturated rings. The largest absolute Gasteiger partial charge is 0.508 e. The van der Waals surface area contributed by atoms with Gasteiger partial charge in [0, 0.05) is 5.56 Å². The van der Waals surface area contributed by atoms with Crippen LogP contribution in [0.25, 0.3) is 16.8 Å². The van der Waals surface area contributed by atoms with Crippen molar-refractivity contribution >= 4 is 34.2 Å². The van der Waals surface area contributed by atoms with Crippen LogP contribution in [0.2, 0.25) is 0 Å². The smallest absolute Gasteiger partial charge is 0.338 e. The van der Waals surface area contributed by atoms with Crippen molar-refractivity contribution in [2.45, 2.75) is 19.9 Å². The van der Waals surface area contributed by atoms with Crippen LogP contribution in [0.1, 0.15) is 31.0 Å². The minimum atomic E-state index is -0.798. The number of aromatic nitrogens is 1. The molecule has 5 rings (SSSR count). The molecule has 0 spiro atoms. The van der Waals surface area contributed by atoms with Gasteiger partial charge in [-0.15, -0.1) is 0 Å². The number of esters is 1. The Morgan fingerprint density at radius 2 is 1.97 bits per heavy atom. The molecule has 1 aliphatic rings. The third kappa shape index (κ3) is 3.99. The lowest BCUT2D eigenvalue weighted by molar-refractivity contribution is -0.139. The topological polar surface area (TPSA) is 90.1 Å². The lowest BCUT2D eigenvalue weighted by Gasteiger charge is -2.27. The minimum absolute atomic E-state index is 0.107. The Morgan fingerprint density at radius 3 is 2.72 bits per heavy atom. The number of phenolic OH excluding ortho intramolecular Hbond substituents is 1. The predicted octanol–water partition coefficient (Wildman–Crippen LogP) is 3.67. The fourth-order valence-corrected chi connectivity index (χ4v) is 5.61. The van der Waals surface area contributed by atoms with Crippen LogP contribution < -0.4 is 19.6 Å². The molecule has 7 nitrogen and oxygen atoms in total. The molecule has 0 amide bonds. The van der Waals surface area contributed by atoms with E-state index >= 15 is 0 Å². The van der Waals surface area contributed by atoms with Crippen molar-refractivity contribution in [2.75, 3.05) is 13.7 Å². The number of allylic oxidation sites excluding steroid dienone is 1. The van der Waals surface area contributed by atoms with Gasteiger partial charge in [0.05, 0.1) is 29.5 Å². The quantitative estimate of drug-likeness (QED) is 0.423. The van der Waals surface area contributed by atoms with Crippen molar-refractivity contribution in [3.8, 4) is 11.5 Å². The van der Waals surface area contributed by atoms with E-state index in [1.54, 1.807) is 55.9 Å². The van der Waals surface area contributed by atoms with Crippen molar-refractivity contribution in [2.24, 2.45) is 4.99 Å². The molecule has 8 heteroatoms. The first-order valence-electron chi connectivity index (χ1n) is 11.5. The molecule has 0 radical (unpaired) electrons. The van der Waals surface area contributed by atoms with Crippen molar-refractivity contribution < 1.29 is 19.4 Å². The molecule has 4 aromatic rings. The molecule has 1 aromatic heterocycles. The van der Waals surface area contributed by atoms with Gasteiger partial charge in [-0.25, -0.2) is 9.79 Å². The van der Waals surface area contributed by atoms with Crippen LogP contribution in [0.5, 0.6) is 11.5 Å². The second-order valence-electron chi connectivity index (χ2n) is 8.30. The molecule has 0 aliphatic carbocycles. The predicted molar refractivity (Wildman–Crippen MR) is 139 cm³/mol. The van der Waals surface area contributed by atoms with E-state index in [9.17, 15) is 14.7 Å². The number of fused-ring (bicyclic) bond motifs is 2. The van der Waals surface area contributed by atoms with Gasteiger partial charge in [-0.05, 0) is 54.5 Å². The maximum atomic E-state index is 13.9. The maximum Gasteiger partial charge on any atom is 0.338 e. The molecule has 2 heterocycles. The van der Waals surface area contributed by atoms with Crippen molar-refractivity contribution in [3.05, 3.63) is 103 Å². The summed E-state index contributed by atoms with van der Waals surface area (Å²) in [4.78, 5) is 32.2. The summed E-state index contributed by atoms with van der Waals surface area (Å²) in [7, 11) is 1.57. The number of ether oxygens (including phenoxy) is 2. The molecule has 36 heavy (non-hydrogen) atoms. The van der Waals surface area contributed by atoms with Gasteiger partial charge in [-0.3, -0.25) is 9.36 Å². The number of aromatic hydroxyl groups is 1. The van der Waals surface area contributed by atoms with Crippen molar-refractivity contribution in [3.63, 3.8) is 0 Å². The highest BCUT2D eigenvalue weighted by atomic mass is 32.1. The number of methoxy groups -OCH3 is 1. The van der Waals surface area contributed by atoms with Crippen LogP contribution in [0.3, 0.4) is 0 Å². The van der Waals surface area contributed by atoms with E-state index < -0.39 is 12.0 Å². The molecule has 0 saturated heterocycles. The average Bonchev–Trinajstić information content (AvgIpc) is 3.16. The summed E-state index contributed by atoms with van der Waals surface area (Å²) < 4.78 is 13.1. The zero-order valence-electron chi connectivity index (χ0n) is 20.0. The number of carbonyl (C=O) groups is 1. The van der Waals surface area contributed by atoms with E-state index in [0.29, 0.717) is 37.5 Å². The first-order valence-corrected chi connectivity index (χ1v) is 12.3. The van der Waals surface area contributed by atoms with E-state index in [-0.39, 0.29) is 17.9 Å². The second kappa shape index (κ2) is 9.47. The molecule has 1 atom stereocenters. The van der Waals surface area contributed by atoms with Crippen molar-refractivity contribution in [1.29, 1.82) is 0 Å². The Morgan fingerprint density at radius 1 is 1.17 bits per heavy atom. The van der Waals surface area contributed by atoms with Gasteiger partial charge in [-0.1, -0.05) is 53.8 Å². The fourth-order valence-electron chi connectivity index (χ4n) is 4.57. The molecule has 0 bridgehead atoms. The van der Waals surface area contributed by atoms with E-state index in [0.717, 1.165) is 10.8 Å². The van der Waals surface area contributed by atoms with E-state index in [2.05, 4.69) is 4.99 Å². The molecule has 1 aliphatic heterocycles. The van der Waals surface area contributed by atoms with Crippen LogP contribution in [0.4, 0.5) is 0 Å². The normalized spacial score (nSPS) is 15.5. The third-order valence-corrected chi connectivity index (χ3v) is 7.09. The fraction of sp³-hybridized carbons (Fsp3) is 0.179. The minimum Gasteiger partial charge on any atom is -0.508 e. The zero-order valence-corrected chi connectivity index (χ0v) is 20.8. The number of hydrogen-bond donors (Lipinski definition) is 1. The van der Waals surface area contributed by atoms with Crippen LogP contribution in [0, 0.1) is 0 Å². The Bertz CT molecular complexity index is 1710. The lowest BCUT2D eigenvalue weighted by Crippen LogP contribution is -2.40. The Kier molecular flexibility index (Phi) is 6.20. The number of hydrogen-bond acceptors (Lipinski definition) is 7. The second-order valence-corrected chi connectivity index (χ2v) is 9.31. The van der Waals surface area contributed by atoms with Gasteiger partial charge in [0.2, 0.25) is 0 Å². The SMILES string of the molecule is CCOC(=O)C1=C(C)N=c2s/c(=C\c3cccc(O)c3)c(=O)n2[C@H]1c1c(OC)ccc2ccccc12. The molecular weight excluding hydrogens is 476 g/mol. The summed E-state index contributed by atoms with van der Waals surface area (Å²) in [6.45, 7) is 3.69. The number of benzene rings is 3. The van der Waals surface area contributed by atoms with Crippen LogP contribution in [-0.4, -0.2) is 29.4 Å². The van der Waals surface area contributed by atoms with Crippen LogP contribution in [0.15, 0.2) is 81.7 Å². The number of carbonyl (C=O) groups excluding carboxylic acids is 1. The average molecular weight is 501 g/mol. The summed E-state index contributed by atoms with van der Waals surface area (Å²) in [6.07, 6.45) is 1.71. The molecule has 1 N–H and O–H groups in total. The highest BCUT2D eigenvalue weighted by Crippen LogP contribution is 2.40. The Labute approximate surface area is 210 Å². The maximum absolute atomic E-state index is 13.9. The highest BCUT2D eigenvalue weighted by Gasteiger charge is 2.36. The standard InChI is InChI=1S/C28H24N2O5S/c1-4-35-27(33)23-16(2)29-28-30(26(32)22(36-28)15-17-8-7-10-19(31)14-17)25(23)24-20-11-6-5-9-18(20)12-13-21(24)34-3/h5-15,25,31H,4H2,1-3H3/b22-15-/t25-/m1/s1. The summed E-state index contributed by atoms with van der Waals surface area (Å²) in [6, 6.07) is 17.4.